The van der Waals surface area contributed by atoms with Gasteiger partial charge in [0, 0.05) is 16.2 Å². The van der Waals surface area contributed by atoms with Gasteiger partial charge < -0.3 is 0 Å². The van der Waals surface area contributed by atoms with Crippen LogP contribution in [0, 0.1) is 13.8 Å². The molecule has 0 N–H and O–H groups in total. The van der Waals surface area contributed by atoms with Crippen LogP contribution < -0.4 is 0 Å². The van der Waals surface area contributed by atoms with E-state index in [2.05, 4.69) is 65.3 Å². The monoisotopic (exact) mass is 326 g/mol. The Labute approximate surface area is 127 Å². The number of aryl methyl sites for hydroxylation is 2. The van der Waals surface area contributed by atoms with Gasteiger partial charge in [-0.2, -0.15) is 5.10 Å². The normalized spacial score (nSPS) is 10.8. The highest BCUT2D eigenvalue weighted by molar-refractivity contribution is 9.10. The maximum absolute atomic E-state index is 4.48. The molecule has 0 unspecified atom stereocenters. The van der Waals surface area contributed by atoms with E-state index in [0.29, 0.717) is 0 Å². The van der Waals surface area contributed by atoms with Crippen LogP contribution in [0.4, 0.5) is 0 Å². The van der Waals surface area contributed by atoms with Gasteiger partial charge in [0.15, 0.2) is 0 Å². The summed E-state index contributed by atoms with van der Waals surface area (Å²) in [5, 5.41) is 4.48. The smallest absolute Gasteiger partial charge is 0.0651 e. The zero-order chi connectivity index (χ0) is 14.1. The molecule has 2 aromatic carbocycles. The minimum absolute atomic E-state index is 1.08. The first-order valence-corrected chi connectivity index (χ1v) is 7.31. The van der Waals surface area contributed by atoms with Crippen molar-refractivity contribution in [3.8, 4) is 16.8 Å². The Morgan fingerprint density at radius 3 is 2.40 bits per heavy atom. The third kappa shape index (κ3) is 2.54. The van der Waals surface area contributed by atoms with Crippen LogP contribution in [0.2, 0.25) is 0 Å². The summed E-state index contributed by atoms with van der Waals surface area (Å²) in [7, 11) is 0. The van der Waals surface area contributed by atoms with Crippen LogP contribution in [0.3, 0.4) is 0 Å². The van der Waals surface area contributed by atoms with E-state index < -0.39 is 0 Å². The molecule has 2 nitrogen and oxygen atoms in total. The zero-order valence-electron chi connectivity index (χ0n) is 11.5. The molecule has 3 rings (SSSR count). The van der Waals surface area contributed by atoms with Crippen LogP contribution in [0.5, 0.6) is 0 Å². The molecule has 0 atom stereocenters. The van der Waals surface area contributed by atoms with Crippen LogP contribution in [0.1, 0.15) is 11.1 Å². The summed E-state index contributed by atoms with van der Waals surface area (Å²) in [4.78, 5) is 0. The molecule has 0 aliphatic rings. The molecule has 0 saturated heterocycles. The lowest BCUT2D eigenvalue weighted by molar-refractivity contribution is 0.878. The molecule has 1 heterocycles. The largest absolute Gasteiger partial charge is 0.240 e. The average Bonchev–Trinajstić information content (AvgIpc) is 2.87. The second-order valence-corrected chi connectivity index (χ2v) is 5.85. The standard InChI is InChI=1S/C17H15BrN2/c1-12-7-13(2)9-15(8-12)20-11-14(10-19-20)16-5-3-4-6-17(16)18/h3-11H,1-2H3. The summed E-state index contributed by atoms with van der Waals surface area (Å²) in [6.07, 6.45) is 3.96. The Bertz CT molecular complexity index is 739. The van der Waals surface area contributed by atoms with Crippen molar-refractivity contribution in [1.82, 2.24) is 9.78 Å². The topological polar surface area (TPSA) is 17.8 Å². The molecule has 0 aliphatic heterocycles. The minimum atomic E-state index is 1.08. The molecule has 0 aliphatic carbocycles. The molecule has 0 bridgehead atoms. The van der Waals surface area contributed by atoms with E-state index in [-0.39, 0.29) is 0 Å². The van der Waals surface area contributed by atoms with Gasteiger partial charge >= 0.3 is 0 Å². The summed E-state index contributed by atoms with van der Waals surface area (Å²) in [5.74, 6) is 0. The first kappa shape index (κ1) is 13.1. The van der Waals surface area contributed by atoms with E-state index >= 15 is 0 Å². The van der Waals surface area contributed by atoms with Gasteiger partial charge in [-0.3, -0.25) is 0 Å². The van der Waals surface area contributed by atoms with E-state index in [1.807, 2.05) is 29.1 Å². The van der Waals surface area contributed by atoms with Crippen molar-refractivity contribution in [2.24, 2.45) is 0 Å². The molecule has 0 fully saturated rings. The summed E-state index contributed by atoms with van der Waals surface area (Å²) in [6.45, 7) is 4.21. The Hall–Kier alpha value is -1.87. The van der Waals surface area contributed by atoms with Crippen LogP contribution in [-0.2, 0) is 0 Å². The van der Waals surface area contributed by atoms with Crippen LogP contribution in [0.15, 0.2) is 59.3 Å². The number of benzene rings is 2. The number of nitrogens with zero attached hydrogens (tertiary/aromatic N) is 2. The van der Waals surface area contributed by atoms with Gasteiger partial charge in [-0.05, 0) is 48.7 Å². The first-order chi connectivity index (χ1) is 9.63. The predicted octanol–water partition coefficient (Wildman–Crippen LogP) is 4.92. The quantitative estimate of drug-likeness (QED) is 0.653. The third-order valence-electron chi connectivity index (χ3n) is 3.24. The Morgan fingerprint density at radius 2 is 1.70 bits per heavy atom. The van der Waals surface area contributed by atoms with Crippen molar-refractivity contribution in [3.63, 3.8) is 0 Å². The molecular formula is C17H15BrN2. The summed E-state index contributed by atoms with van der Waals surface area (Å²) in [5.41, 5.74) is 5.86. The molecule has 0 spiro atoms. The number of hydrogen-bond donors (Lipinski definition) is 0. The number of rotatable bonds is 2. The van der Waals surface area contributed by atoms with E-state index in [4.69, 9.17) is 0 Å². The fourth-order valence-corrected chi connectivity index (χ4v) is 2.90. The van der Waals surface area contributed by atoms with Gasteiger partial charge in [-0.1, -0.05) is 40.2 Å². The molecule has 1 aromatic heterocycles. The van der Waals surface area contributed by atoms with Crippen molar-refractivity contribution in [2.45, 2.75) is 13.8 Å². The second-order valence-electron chi connectivity index (χ2n) is 5.00. The fraction of sp³-hybridized carbons (Fsp3) is 0.118. The highest BCUT2D eigenvalue weighted by Crippen LogP contribution is 2.28. The molecule has 3 aromatic rings. The van der Waals surface area contributed by atoms with Crippen LogP contribution >= 0.6 is 15.9 Å². The summed E-state index contributed by atoms with van der Waals surface area (Å²) >= 11 is 3.58. The van der Waals surface area contributed by atoms with Crippen molar-refractivity contribution in [3.05, 3.63) is 70.5 Å². The maximum Gasteiger partial charge on any atom is 0.0651 e. The predicted molar refractivity (Wildman–Crippen MR) is 86.2 cm³/mol. The van der Waals surface area contributed by atoms with E-state index in [9.17, 15) is 0 Å². The molecular weight excluding hydrogens is 312 g/mol. The SMILES string of the molecule is Cc1cc(C)cc(-n2cc(-c3ccccc3Br)cn2)c1. The van der Waals surface area contributed by atoms with Crippen molar-refractivity contribution in [2.75, 3.05) is 0 Å². The Morgan fingerprint density at radius 1 is 1.00 bits per heavy atom. The van der Waals surface area contributed by atoms with E-state index in [1.165, 1.54) is 11.1 Å². The second kappa shape index (κ2) is 5.25. The van der Waals surface area contributed by atoms with Gasteiger partial charge in [-0.15, -0.1) is 0 Å². The summed E-state index contributed by atoms with van der Waals surface area (Å²) < 4.78 is 3.01. The van der Waals surface area contributed by atoms with Crippen LogP contribution in [-0.4, -0.2) is 9.78 Å². The zero-order valence-corrected chi connectivity index (χ0v) is 13.1. The molecule has 3 heteroatoms. The van der Waals surface area contributed by atoms with Crippen LogP contribution in [0.25, 0.3) is 16.8 Å². The lowest BCUT2D eigenvalue weighted by Gasteiger charge is -2.05. The van der Waals surface area contributed by atoms with Gasteiger partial charge in [0.1, 0.15) is 0 Å². The van der Waals surface area contributed by atoms with E-state index in [0.717, 1.165) is 21.3 Å². The number of halogens is 1. The number of aromatic nitrogens is 2. The van der Waals surface area contributed by atoms with Crippen molar-refractivity contribution < 1.29 is 0 Å². The first-order valence-electron chi connectivity index (χ1n) is 6.52. The van der Waals surface area contributed by atoms with E-state index in [1.54, 1.807) is 0 Å². The maximum atomic E-state index is 4.48. The lowest BCUT2D eigenvalue weighted by Crippen LogP contribution is -1.95. The van der Waals surface area contributed by atoms with Gasteiger partial charge in [0.25, 0.3) is 0 Å². The van der Waals surface area contributed by atoms with Crippen molar-refractivity contribution in [1.29, 1.82) is 0 Å². The molecule has 0 saturated carbocycles. The fourth-order valence-electron chi connectivity index (χ4n) is 2.38. The minimum Gasteiger partial charge on any atom is -0.240 e. The Kier molecular flexibility index (Phi) is 3.45. The molecule has 0 radical (unpaired) electrons. The van der Waals surface area contributed by atoms with Gasteiger partial charge in [-0.25, -0.2) is 4.68 Å². The van der Waals surface area contributed by atoms with Crippen molar-refractivity contribution >= 4 is 15.9 Å². The average molecular weight is 327 g/mol. The summed E-state index contributed by atoms with van der Waals surface area (Å²) in [6, 6.07) is 14.6. The number of hydrogen-bond acceptors (Lipinski definition) is 1. The van der Waals surface area contributed by atoms with Gasteiger partial charge in [0.2, 0.25) is 0 Å². The molecule has 20 heavy (non-hydrogen) atoms. The highest BCUT2D eigenvalue weighted by atomic mass is 79.9. The lowest BCUT2D eigenvalue weighted by atomic mass is 10.1. The van der Waals surface area contributed by atoms with Gasteiger partial charge in [0.05, 0.1) is 11.9 Å². The highest BCUT2D eigenvalue weighted by Gasteiger charge is 2.06. The third-order valence-corrected chi connectivity index (χ3v) is 3.93. The molecule has 100 valence electrons. The Balaban J connectivity index is 2.04. The molecule has 0 amide bonds.